The van der Waals surface area contributed by atoms with E-state index in [2.05, 4.69) is 52.3 Å². The molecule has 0 unspecified atom stereocenters. The van der Waals surface area contributed by atoms with Gasteiger partial charge in [0.15, 0.2) is 0 Å². The lowest BCUT2D eigenvalue weighted by Gasteiger charge is -2.05. The third-order valence-electron chi connectivity index (χ3n) is 2.66. The van der Waals surface area contributed by atoms with Gasteiger partial charge in [-0.1, -0.05) is 19.9 Å². The summed E-state index contributed by atoms with van der Waals surface area (Å²) in [5.74, 6) is 0.702. The molecule has 1 aromatic heterocycles. The third-order valence-corrected chi connectivity index (χ3v) is 3.27. The van der Waals surface area contributed by atoms with Crippen molar-refractivity contribution in [3.8, 4) is 0 Å². The number of rotatable bonds is 9. The maximum Gasteiger partial charge on any atom is 0.0750 e. The Kier molecular flexibility index (Phi) is 8.02. The van der Waals surface area contributed by atoms with Crippen LogP contribution in [-0.2, 0) is 11.3 Å². The van der Waals surface area contributed by atoms with Crippen molar-refractivity contribution in [3.63, 3.8) is 0 Å². The second-order valence-corrected chi connectivity index (χ2v) is 5.74. The predicted octanol–water partition coefficient (Wildman–Crippen LogP) is 2.94. The molecule has 1 heterocycles. The van der Waals surface area contributed by atoms with Gasteiger partial charge in [0, 0.05) is 7.11 Å². The van der Waals surface area contributed by atoms with Gasteiger partial charge in [-0.2, -0.15) is 5.10 Å². The second-order valence-electron chi connectivity index (χ2n) is 4.88. The van der Waals surface area contributed by atoms with Crippen LogP contribution in [0.5, 0.6) is 0 Å². The standard InChI is InChI=1S/C14H24BrN3O/c1-12(2)10-16-7-5-4-6-14-13(15)11-17-18(14)8-9-19-3/h4,6,11-12,16H,5,7-10H2,1-3H3/b6-4+. The minimum Gasteiger partial charge on any atom is -0.383 e. The molecule has 0 aliphatic rings. The van der Waals surface area contributed by atoms with Crippen molar-refractivity contribution >= 4 is 22.0 Å². The number of methoxy groups -OCH3 is 1. The first kappa shape index (κ1) is 16.4. The lowest BCUT2D eigenvalue weighted by Crippen LogP contribution is -2.20. The first-order valence-corrected chi connectivity index (χ1v) is 7.52. The predicted molar refractivity (Wildman–Crippen MR) is 83.2 cm³/mol. The van der Waals surface area contributed by atoms with Gasteiger partial charge in [-0.15, -0.1) is 0 Å². The van der Waals surface area contributed by atoms with Crippen LogP contribution in [0.3, 0.4) is 0 Å². The molecule has 1 rings (SSSR count). The Morgan fingerprint density at radius 2 is 2.32 bits per heavy atom. The second kappa shape index (κ2) is 9.28. The molecule has 19 heavy (non-hydrogen) atoms. The fraction of sp³-hybridized carbons (Fsp3) is 0.643. The highest BCUT2D eigenvalue weighted by Gasteiger charge is 2.04. The lowest BCUT2D eigenvalue weighted by molar-refractivity contribution is 0.183. The van der Waals surface area contributed by atoms with Crippen LogP contribution >= 0.6 is 15.9 Å². The van der Waals surface area contributed by atoms with E-state index in [4.69, 9.17) is 4.74 Å². The fourth-order valence-corrected chi connectivity index (χ4v) is 2.09. The van der Waals surface area contributed by atoms with Gasteiger partial charge in [0.2, 0.25) is 0 Å². The van der Waals surface area contributed by atoms with E-state index in [1.807, 2.05) is 10.9 Å². The van der Waals surface area contributed by atoms with Crippen molar-refractivity contribution in [2.75, 3.05) is 26.8 Å². The number of nitrogens with one attached hydrogen (secondary N) is 1. The largest absolute Gasteiger partial charge is 0.383 e. The minimum atomic E-state index is 0.672. The summed E-state index contributed by atoms with van der Waals surface area (Å²) < 4.78 is 8.05. The molecule has 0 aliphatic carbocycles. The monoisotopic (exact) mass is 329 g/mol. The molecular weight excluding hydrogens is 306 g/mol. The van der Waals surface area contributed by atoms with Gasteiger partial charge in [-0.25, -0.2) is 0 Å². The summed E-state index contributed by atoms with van der Waals surface area (Å²) in [6, 6.07) is 0. The minimum absolute atomic E-state index is 0.672. The third kappa shape index (κ3) is 6.36. The van der Waals surface area contributed by atoms with Gasteiger partial charge in [-0.3, -0.25) is 4.68 Å². The van der Waals surface area contributed by atoms with Crippen LogP contribution in [-0.4, -0.2) is 36.6 Å². The van der Waals surface area contributed by atoms with Gasteiger partial charge in [0.05, 0.1) is 29.5 Å². The molecule has 1 aromatic rings. The zero-order chi connectivity index (χ0) is 14.1. The van der Waals surface area contributed by atoms with Crippen LogP contribution in [0.1, 0.15) is 26.0 Å². The number of halogens is 1. The quantitative estimate of drug-likeness (QED) is 0.708. The van der Waals surface area contributed by atoms with E-state index in [1.54, 1.807) is 7.11 Å². The van der Waals surface area contributed by atoms with Crippen molar-refractivity contribution in [2.24, 2.45) is 5.92 Å². The molecule has 108 valence electrons. The highest BCUT2D eigenvalue weighted by atomic mass is 79.9. The Bertz CT molecular complexity index is 388. The van der Waals surface area contributed by atoms with E-state index in [1.165, 1.54) is 0 Å². The number of ether oxygens (including phenoxy) is 1. The SMILES string of the molecule is COCCn1ncc(Br)c1/C=C/CCNCC(C)C. The molecule has 5 heteroatoms. The van der Waals surface area contributed by atoms with Gasteiger partial charge in [0.1, 0.15) is 0 Å². The highest BCUT2D eigenvalue weighted by Crippen LogP contribution is 2.17. The van der Waals surface area contributed by atoms with Crippen molar-refractivity contribution in [1.82, 2.24) is 15.1 Å². The summed E-state index contributed by atoms with van der Waals surface area (Å²) in [5.41, 5.74) is 1.10. The van der Waals surface area contributed by atoms with Crippen molar-refractivity contribution in [1.29, 1.82) is 0 Å². The molecule has 0 bridgehead atoms. The van der Waals surface area contributed by atoms with Gasteiger partial charge in [-0.05, 0) is 47.4 Å². The van der Waals surface area contributed by atoms with Crippen molar-refractivity contribution in [3.05, 3.63) is 22.4 Å². The maximum atomic E-state index is 5.08. The molecule has 0 aromatic carbocycles. The molecule has 0 amide bonds. The maximum absolute atomic E-state index is 5.08. The molecule has 0 saturated heterocycles. The average molecular weight is 330 g/mol. The molecule has 4 nitrogen and oxygen atoms in total. The number of nitrogens with zero attached hydrogens (tertiary/aromatic N) is 2. The van der Waals surface area contributed by atoms with Crippen LogP contribution in [0.4, 0.5) is 0 Å². The van der Waals surface area contributed by atoms with Gasteiger partial charge >= 0.3 is 0 Å². The van der Waals surface area contributed by atoms with E-state index in [0.29, 0.717) is 12.5 Å². The smallest absolute Gasteiger partial charge is 0.0750 e. The normalized spacial score (nSPS) is 11.8. The zero-order valence-corrected chi connectivity index (χ0v) is 13.6. The topological polar surface area (TPSA) is 39.1 Å². The summed E-state index contributed by atoms with van der Waals surface area (Å²) in [5, 5.41) is 7.74. The van der Waals surface area contributed by atoms with E-state index in [0.717, 1.165) is 36.2 Å². The fourth-order valence-electron chi connectivity index (χ4n) is 1.66. The first-order valence-electron chi connectivity index (χ1n) is 6.72. The van der Waals surface area contributed by atoms with Crippen molar-refractivity contribution in [2.45, 2.75) is 26.8 Å². The first-order chi connectivity index (χ1) is 9.15. The number of aromatic nitrogens is 2. The summed E-state index contributed by atoms with van der Waals surface area (Å²) in [6.07, 6.45) is 7.14. The van der Waals surface area contributed by atoms with Crippen LogP contribution in [0.25, 0.3) is 6.08 Å². The summed E-state index contributed by atoms with van der Waals surface area (Å²) in [7, 11) is 1.70. The number of hydrogen-bond donors (Lipinski definition) is 1. The van der Waals surface area contributed by atoms with E-state index in [-0.39, 0.29) is 0 Å². The van der Waals surface area contributed by atoms with Crippen molar-refractivity contribution < 1.29 is 4.74 Å². The number of hydrogen-bond acceptors (Lipinski definition) is 3. The Labute approximate surface area is 124 Å². The van der Waals surface area contributed by atoms with Crippen LogP contribution in [0.2, 0.25) is 0 Å². The summed E-state index contributed by atoms with van der Waals surface area (Å²) >= 11 is 3.52. The zero-order valence-electron chi connectivity index (χ0n) is 12.0. The molecule has 0 fully saturated rings. The van der Waals surface area contributed by atoms with E-state index >= 15 is 0 Å². The Morgan fingerprint density at radius 1 is 1.53 bits per heavy atom. The van der Waals surface area contributed by atoms with E-state index in [9.17, 15) is 0 Å². The summed E-state index contributed by atoms with van der Waals surface area (Å²) in [4.78, 5) is 0. The summed E-state index contributed by atoms with van der Waals surface area (Å²) in [6.45, 7) is 7.96. The van der Waals surface area contributed by atoms with Gasteiger partial charge < -0.3 is 10.1 Å². The Balaban J connectivity index is 2.40. The lowest BCUT2D eigenvalue weighted by atomic mass is 10.2. The highest BCUT2D eigenvalue weighted by molar-refractivity contribution is 9.10. The van der Waals surface area contributed by atoms with E-state index < -0.39 is 0 Å². The van der Waals surface area contributed by atoms with Crippen LogP contribution in [0, 0.1) is 5.92 Å². The Hall–Kier alpha value is -0.650. The Morgan fingerprint density at radius 3 is 3.00 bits per heavy atom. The molecule has 0 atom stereocenters. The molecule has 0 saturated carbocycles. The molecule has 0 spiro atoms. The van der Waals surface area contributed by atoms with Crippen LogP contribution < -0.4 is 5.32 Å². The molecule has 1 N–H and O–H groups in total. The average Bonchev–Trinajstić information content (AvgIpc) is 2.72. The molecule has 0 aliphatic heterocycles. The van der Waals surface area contributed by atoms with Gasteiger partial charge in [0.25, 0.3) is 0 Å². The molecule has 0 radical (unpaired) electrons. The molecular formula is C14H24BrN3O. The van der Waals surface area contributed by atoms with Crippen LogP contribution in [0.15, 0.2) is 16.7 Å².